The van der Waals surface area contributed by atoms with Crippen molar-refractivity contribution in [2.24, 2.45) is 0 Å². The first kappa shape index (κ1) is 20.5. The quantitative estimate of drug-likeness (QED) is 0.393. The number of benzene rings is 2. The lowest BCUT2D eigenvalue weighted by molar-refractivity contribution is 0.102. The normalized spacial score (nSPS) is 10.9. The van der Waals surface area contributed by atoms with E-state index >= 15 is 0 Å². The molecule has 152 valence electrons. The van der Waals surface area contributed by atoms with Crippen molar-refractivity contribution >= 4 is 46.5 Å². The molecule has 2 heterocycles. The predicted molar refractivity (Wildman–Crippen MR) is 120 cm³/mol. The zero-order valence-corrected chi connectivity index (χ0v) is 18.1. The monoisotopic (exact) mass is 459 g/mol. The molecule has 0 saturated carbocycles. The zero-order chi connectivity index (χ0) is 21.3. The third kappa shape index (κ3) is 4.51. The van der Waals surface area contributed by atoms with Crippen LogP contribution >= 0.6 is 34.8 Å². The average Bonchev–Trinajstić information content (AvgIpc) is 3.32. The van der Waals surface area contributed by atoms with Gasteiger partial charge in [0.25, 0.3) is 5.91 Å². The smallest absolute Gasteiger partial charge is 0.274 e. The number of anilines is 1. The second-order valence-electron chi connectivity index (χ2n) is 6.75. The van der Waals surface area contributed by atoms with Crippen molar-refractivity contribution in [2.75, 3.05) is 5.32 Å². The maximum absolute atomic E-state index is 12.6. The van der Waals surface area contributed by atoms with E-state index < -0.39 is 5.91 Å². The van der Waals surface area contributed by atoms with Gasteiger partial charge in [0.1, 0.15) is 10.7 Å². The summed E-state index contributed by atoms with van der Waals surface area (Å²) in [6.45, 7) is 2.39. The minimum absolute atomic E-state index is 0.248. The van der Waals surface area contributed by atoms with Crippen LogP contribution in [-0.2, 0) is 6.54 Å². The van der Waals surface area contributed by atoms with Crippen LogP contribution in [0.25, 0.3) is 11.3 Å². The first-order chi connectivity index (χ1) is 14.4. The summed E-state index contributed by atoms with van der Waals surface area (Å²) in [5.41, 5.74) is 3.87. The Hall–Kier alpha value is -2.80. The molecule has 9 heteroatoms. The second kappa shape index (κ2) is 8.52. The van der Waals surface area contributed by atoms with Crippen LogP contribution in [0.5, 0.6) is 0 Å². The lowest BCUT2D eigenvalue weighted by Crippen LogP contribution is -2.13. The Kier molecular flexibility index (Phi) is 5.81. The number of nitrogens with zero attached hydrogens (tertiary/aromatic N) is 3. The van der Waals surface area contributed by atoms with Crippen molar-refractivity contribution in [1.29, 1.82) is 0 Å². The minimum atomic E-state index is -0.391. The number of H-pyrrole nitrogens is 1. The van der Waals surface area contributed by atoms with Crippen molar-refractivity contribution in [3.63, 3.8) is 0 Å². The zero-order valence-electron chi connectivity index (χ0n) is 15.8. The fourth-order valence-corrected chi connectivity index (χ4v) is 3.54. The van der Waals surface area contributed by atoms with Gasteiger partial charge in [-0.05, 0) is 30.7 Å². The molecule has 0 aliphatic carbocycles. The highest BCUT2D eigenvalue weighted by molar-refractivity contribution is 6.35. The molecule has 0 saturated heterocycles. The number of hydrogen-bond acceptors (Lipinski definition) is 3. The number of amides is 1. The number of carbonyl (C=O) groups is 1. The van der Waals surface area contributed by atoms with Gasteiger partial charge in [-0.1, -0.05) is 70.7 Å². The van der Waals surface area contributed by atoms with Gasteiger partial charge < -0.3 is 5.32 Å². The van der Waals surface area contributed by atoms with E-state index in [1.54, 1.807) is 29.1 Å². The van der Waals surface area contributed by atoms with Gasteiger partial charge in [0.2, 0.25) is 0 Å². The van der Waals surface area contributed by atoms with Gasteiger partial charge in [0.15, 0.2) is 5.82 Å². The molecule has 6 nitrogen and oxygen atoms in total. The molecule has 4 aromatic rings. The summed E-state index contributed by atoms with van der Waals surface area (Å²) in [5, 5.41) is 15.4. The highest BCUT2D eigenvalue weighted by atomic mass is 35.5. The Morgan fingerprint density at radius 3 is 2.57 bits per heavy atom. The number of aromatic nitrogens is 4. The van der Waals surface area contributed by atoms with Crippen molar-refractivity contribution in [2.45, 2.75) is 13.5 Å². The summed E-state index contributed by atoms with van der Waals surface area (Å²) < 4.78 is 1.59. The van der Waals surface area contributed by atoms with Gasteiger partial charge in [0, 0.05) is 21.8 Å². The van der Waals surface area contributed by atoms with Crippen molar-refractivity contribution in [3.8, 4) is 11.3 Å². The molecule has 2 aromatic heterocycles. The summed E-state index contributed by atoms with van der Waals surface area (Å²) >= 11 is 18.4. The van der Waals surface area contributed by atoms with Crippen LogP contribution in [0.15, 0.2) is 54.7 Å². The Labute approximate surface area is 187 Å². The molecule has 0 aliphatic rings. The summed E-state index contributed by atoms with van der Waals surface area (Å²) in [7, 11) is 0. The van der Waals surface area contributed by atoms with Crippen molar-refractivity contribution in [1.82, 2.24) is 20.0 Å². The van der Waals surface area contributed by atoms with Crippen LogP contribution in [0.4, 0.5) is 5.82 Å². The number of halogens is 3. The maximum atomic E-state index is 12.6. The van der Waals surface area contributed by atoms with E-state index in [1.807, 2.05) is 37.3 Å². The summed E-state index contributed by atoms with van der Waals surface area (Å²) in [6.07, 6.45) is 1.62. The summed E-state index contributed by atoms with van der Waals surface area (Å²) in [5.74, 6) is -0.143. The maximum Gasteiger partial charge on any atom is 0.274 e. The number of aryl methyl sites for hydroxylation is 1. The van der Waals surface area contributed by atoms with Gasteiger partial charge >= 0.3 is 0 Å². The fraction of sp³-hybridized carbons (Fsp3) is 0.0952. The van der Waals surface area contributed by atoms with Gasteiger partial charge in [-0.25, -0.2) is 0 Å². The van der Waals surface area contributed by atoms with E-state index in [2.05, 4.69) is 20.6 Å². The number of aromatic amines is 1. The van der Waals surface area contributed by atoms with Crippen molar-refractivity contribution in [3.05, 3.63) is 86.6 Å². The van der Waals surface area contributed by atoms with Gasteiger partial charge in [-0.2, -0.15) is 10.2 Å². The van der Waals surface area contributed by atoms with E-state index in [4.69, 9.17) is 34.8 Å². The van der Waals surface area contributed by atoms with Crippen LogP contribution in [0.2, 0.25) is 15.1 Å². The molecule has 0 spiro atoms. The van der Waals surface area contributed by atoms with Crippen molar-refractivity contribution < 1.29 is 4.79 Å². The first-order valence-electron chi connectivity index (χ1n) is 9.00. The Bertz CT molecular complexity index is 1210. The fourth-order valence-electron chi connectivity index (χ4n) is 2.87. The second-order valence-corrected chi connectivity index (χ2v) is 8.00. The first-order valence-corrected chi connectivity index (χ1v) is 10.1. The molecule has 4 rings (SSSR count). The topological polar surface area (TPSA) is 75.6 Å². The van der Waals surface area contributed by atoms with E-state index in [0.717, 1.165) is 16.7 Å². The van der Waals surface area contributed by atoms with E-state index in [0.29, 0.717) is 33.0 Å². The van der Waals surface area contributed by atoms with Gasteiger partial charge in [-0.15, -0.1) is 0 Å². The average molecular weight is 461 g/mol. The lowest BCUT2D eigenvalue weighted by Gasteiger charge is -2.05. The molecule has 0 unspecified atom stereocenters. The van der Waals surface area contributed by atoms with E-state index in [9.17, 15) is 4.79 Å². The molecule has 0 fully saturated rings. The highest BCUT2D eigenvalue weighted by Crippen LogP contribution is 2.25. The number of carbonyl (C=O) groups excluding carboxylic acids is 1. The van der Waals surface area contributed by atoms with Crippen LogP contribution in [0.3, 0.4) is 0 Å². The summed E-state index contributed by atoms with van der Waals surface area (Å²) in [4.78, 5) is 12.6. The summed E-state index contributed by atoms with van der Waals surface area (Å²) in [6, 6.07) is 14.8. The van der Waals surface area contributed by atoms with Gasteiger partial charge in [0.05, 0.1) is 12.2 Å². The Morgan fingerprint density at radius 2 is 1.83 bits per heavy atom. The largest absolute Gasteiger partial charge is 0.302 e. The molecule has 2 aromatic carbocycles. The molecule has 0 radical (unpaired) electrons. The Balaban J connectivity index is 1.48. The predicted octanol–water partition coefficient (Wildman–Crippen LogP) is 5.84. The molecule has 0 aliphatic heterocycles. The van der Waals surface area contributed by atoms with Crippen LogP contribution in [0, 0.1) is 6.92 Å². The van der Waals surface area contributed by atoms with Crippen LogP contribution in [0.1, 0.15) is 21.6 Å². The van der Waals surface area contributed by atoms with E-state index in [-0.39, 0.29) is 5.82 Å². The third-order valence-corrected chi connectivity index (χ3v) is 5.33. The highest BCUT2D eigenvalue weighted by Gasteiger charge is 2.16. The lowest BCUT2D eigenvalue weighted by atomic mass is 10.1. The SMILES string of the molecule is Cc1ccc(-c2cc(C(=O)Nc3nn(Cc4ccc(Cl)cc4Cl)cc3Cl)[nH]n2)cc1. The van der Waals surface area contributed by atoms with E-state index in [1.165, 1.54) is 0 Å². The molecule has 2 N–H and O–H groups in total. The molecular weight excluding hydrogens is 445 g/mol. The molecule has 0 atom stereocenters. The number of nitrogens with one attached hydrogen (secondary N) is 2. The minimum Gasteiger partial charge on any atom is -0.302 e. The molecule has 30 heavy (non-hydrogen) atoms. The third-order valence-electron chi connectivity index (χ3n) is 4.47. The van der Waals surface area contributed by atoms with Crippen LogP contribution in [-0.4, -0.2) is 25.9 Å². The van der Waals surface area contributed by atoms with Gasteiger partial charge in [-0.3, -0.25) is 14.6 Å². The van der Waals surface area contributed by atoms with Crippen LogP contribution < -0.4 is 5.32 Å². The molecule has 1 amide bonds. The Morgan fingerprint density at radius 1 is 1.07 bits per heavy atom. The number of rotatable bonds is 5. The standard InChI is InChI=1S/C21H16Cl3N5O/c1-12-2-4-13(5-3-12)18-9-19(27-26-18)21(30)25-20-17(24)11-29(28-20)10-14-6-7-15(22)8-16(14)23/h2-9,11H,10H2,1H3,(H,26,27)(H,25,28,30). The molecule has 0 bridgehead atoms. The molecular formula is C21H16Cl3N5O. The number of hydrogen-bond donors (Lipinski definition) is 2.